The summed E-state index contributed by atoms with van der Waals surface area (Å²) < 4.78 is 0. The molecule has 98 valence electrons. The molecule has 0 saturated carbocycles. The molecule has 5 heteroatoms. The van der Waals surface area contributed by atoms with Crippen LogP contribution in [0.15, 0.2) is 0 Å². The van der Waals surface area contributed by atoms with Gasteiger partial charge in [0.1, 0.15) is 0 Å². The van der Waals surface area contributed by atoms with E-state index < -0.39 is 6.04 Å². The predicted molar refractivity (Wildman–Crippen MR) is 66.3 cm³/mol. The van der Waals surface area contributed by atoms with Crippen molar-refractivity contribution >= 4 is 11.8 Å². The Morgan fingerprint density at radius 3 is 2.47 bits per heavy atom. The molecule has 1 rings (SSSR count). The van der Waals surface area contributed by atoms with Gasteiger partial charge in [-0.3, -0.25) is 9.59 Å². The van der Waals surface area contributed by atoms with Gasteiger partial charge in [0.05, 0.1) is 6.04 Å². The third kappa shape index (κ3) is 6.26. The van der Waals surface area contributed by atoms with Crippen molar-refractivity contribution in [3.8, 4) is 0 Å². The van der Waals surface area contributed by atoms with E-state index in [9.17, 15) is 9.59 Å². The third-order valence-corrected chi connectivity index (χ3v) is 2.98. The minimum Gasteiger partial charge on any atom is -0.356 e. The van der Waals surface area contributed by atoms with Crippen LogP contribution in [-0.4, -0.2) is 30.9 Å². The lowest BCUT2D eigenvalue weighted by Crippen LogP contribution is -2.41. The fourth-order valence-corrected chi connectivity index (χ4v) is 1.87. The van der Waals surface area contributed by atoms with E-state index in [4.69, 9.17) is 5.73 Å². The average molecular weight is 241 g/mol. The van der Waals surface area contributed by atoms with E-state index in [1.807, 2.05) is 0 Å². The third-order valence-electron chi connectivity index (χ3n) is 2.98. The Kier molecular flexibility index (Phi) is 6.62. The molecule has 1 aliphatic rings. The van der Waals surface area contributed by atoms with Gasteiger partial charge in [0.15, 0.2) is 0 Å². The first-order valence-corrected chi connectivity index (χ1v) is 6.50. The maximum absolute atomic E-state index is 11.5. The van der Waals surface area contributed by atoms with Gasteiger partial charge in [-0.25, -0.2) is 0 Å². The summed E-state index contributed by atoms with van der Waals surface area (Å²) in [6.07, 6.45) is 5.78. The highest BCUT2D eigenvalue weighted by Crippen LogP contribution is 2.02. The normalized spacial score (nSPS) is 25.6. The summed E-state index contributed by atoms with van der Waals surface area (Å²) in [5.74, 6) is 0.0847. The van der Waals surface area contributed by atoms with E-state index in [0.29, 0.717) is 25.9 Å². The number of carbonyl (C=O) groups is 2. The lowest BCUT2D eigenvalue weighted by molar-refractivity contribution is -0.123. The molecule has 5 nitrogen and oxygen atoms in total. The van der Waals surface area contributed by atoms with Crippen LogP contribution in [0.3, 0.4) is 0 Å². The molecule has 1 saturated heterocycles. The standard InChI is InChI=1S/C12H23N3O2/c13-10-6-3-5-8-14-11(16)7-2-1-4-9-15-12(10)17/h10H,1-9,13H2,(H,14,16)(H,15,17)/t10-/m0/s1. The van der Waals surface area contributed by atoms with Crippen LogP contribution in [0.5, 0.6) is 0 Å². The van der Waals surface area contributed by atoms with E-state index in [2.05, 4.69) is 10.6 Å². The van der Waals surface area contributed by atoms with Crippen LogP contribution >= 0.6 is 0 Å². The molecule has 0 aromatic carbocycles. The monoisotopic (exact) mass is 241 g/mol. The summed E-state index contributed by atoms with van der Waals surface area (Å²) in [5.41, 5.74) is 5.76. The second-order valence-corrected chi connectivity index (χ2v) is 4.55. The first-order valence-electron chi connectivity index (χ1n) is 6.50. The van der Waals surface area contributed by atoms with Crippen LogP contribution in [0.4, 0.5) is 0 Å². The highest BCUT2D eigenvalue weighted by molar-refractivity contribution is 5.81. The quantitative estimate of drug-likeness (QED) is 0.570. The number of amides is 2. The van der Waals surface area contributed by atoms with Crippen molar-refractivity contribution in [1.82, 2.24) is 10.6 Å². The van der Waals surface area contributed by atoms with Crippen molar-refractivity contribution in [1.29, 1.82) is 0 Å². The smallest absolute Gasteiger partial charge is 0.236 e. The maximum Gasteiger partial charge on any atom is 0.236 e. The molecule has 4 N–H and O–H groups in total. The lowest BCUT2D eigenvalue weighted by Gasteiger charge is -2.13. The van der Waals surface area contributed by atoms with E-state index >= 15 is 0 Å². The molecule has 1 fully saturated rings. The highest BCUT2D eigenvalue weighted by atomic mass is 16.2. The largest absolute Gasteiger partial charge is 0.356 e. The first-order chi connectivity index (χ1) is 8.20. The van der Waals surface area contributed by atoms with Gasteiger partial charge in [0, 0.05) is 19.5 Å². The summed E-state index contributed by atoms with van der Waals surface area (Å²) in [5, 5.41) is 5.72. The van der Waals surface area contributed by atoms with Gasteiger partial charge in [-0.2, -0.15) is 0 Å². The van der Waals surface area contributed by atoms with Crippen molar-refractivity contribution < 1.29 is 9.59 Å². The number of nitrogens with one attached hydrogen (secondary N) is 2. The SMILES string of the molecule is N[C@H]1CCCCNC(=O)CCCCCNC1=O. The first kappa shape index (κ1) is 14.0. The zero-order chi connectivity index (χ0) is 12.5. The molecule has 0 aromatic heterocycles. The van der Waals surface area contributed by atoms with Crippen molar-refractivity contribution in [2.75, 3.05) is 13.1 Å². The van der Waals surface area contributed by atoms with Gasteiger partial charge < -0.3 is 16.4 Å². The average Bonchev–Trinajstić information content (AvgIpc) is 2.31. The van der Waals surface area contributed by atoms with Gasteiger partial charge in [0.25, 0.3) is 0 Å². The molecule has 1 heterocycles. The van der Waals surface area contributed by atoms with Crippen molar-refractivity contribution in [2.45, 2.75) is 51.0 Å². The molecule has 17 heavy (non-hydrogen) atoms. The van der Waals surface area contributed by atoms with E-state index in [1.54, 1.807) is 0 Å². The molecule has 1 aliphatic heterocycles. The second kappa shape index (κ2) is 8.06. The molecule has 0 unspecified atom stereocenters. The number of nitrogens with two attached hydrogens (primary N) is 1. The molecule has 0 radical (unpaired) electrons. The van der Waals surface area contributed by atoms with Gasteiger partial charge in [-0.05, 0) is 32.1 Å². The zero-order valence-electron chi connectivity index (χ0n) is 10.3. The summed E-state index contributed by atoms with van der Waals surface area (Å²) in [6.45, 7) is 1.35. The fourth-order valence-electron chi connectivity index (χ4n) is 1.87. The topological polar surface area (TPSA) is 84.2 Å². The lowest BCUT2D eigenvalue weighted by atomic mass is 10.1. The summed E-state index contributed by atoms with van der Waals surface area (Å²) >= 11 is 0. The Morgan fingerprint density at radius 2 is 1.65 bits per heavy atom. The fraction of sp³-hybridized carbons (Fsp3) is 0.833. The number of carbonyl (C=O) groups excluding carboxylic acids is 2. The molecule has 0 spiro atoms. The van der Waals surface area contributed by atoms with Gasteiger partial charge in [0.2, 0.25) is 11.8 Å². The Labute approximate surface area is 103 Å². The van der Waals surface area contributed by atoms with Crippen LogP contribution in [0.1, 0.15) is 44.9 Å². The summed E-state index contributed by atoms with van der Waals surface area (Å²) in [6, 6.07) is -0.409. The molecular weight excluding hydrogens is 218 g/mol. The van der Waals surface area contributed by atoms with E-state index in [-0.39, 0.29) is 11.8 Å². The summed E-state index contributed by atoms with van der Waals surface area (Å²) in [4.78, 5) is 22.9. The molecule has 0 bridgehead atoms. The van der Waals surface area contributed by atoms with E-state index in [0.717, 1.165) is 32.1 Å². The second-order valence-electron chi connectivity index (χ2n) is 4.55. The van der Waals surface area contributed by atoms with Crippen molar-refractivity contribution in [2.24, 2.45) is 5.73 Å². The van der Waals surface area contributed by atoms with Crippen LogP contribution in [0.2, 0.25) is 0 Å². The van der Waals surface area contributed by atoms with Gasteiger partial charge >= 0.3 is 0 Å². The number of hydrogen-bond acceptors (Lipinski definition) is 3. The number of rotatable bonds is 0. The van der Waals surface area contributed by atoms with Crippen molar-refractivity contribution in [3.63, 3.8) is 0 Å². The van der Waals surface area contributed by atoms with Crippen LogP contribution in [-0.2, 0) is 9.59 Å². The molecule has 2 amide bonds. The minimum absolute atomic E-state index is 0.0499. The van der Waals surface area contributed by atoms with Gasteiger partial charge in [-0.15, -0.1) is 0 Å². The Bertz CT molecular complexity index is 256. The Morgan fingerprint density at radius 1 is 0.941 bits per heavy atom. The van der Waals surface area contributed by atoms with Crippen LogP contribution in [0.25, 0.3) is 0 Å². The molecule has 0 aromatic rings. The molecular formula is C12H23N3O2. The van der Waals surface area contributed by atoms with Crippen molar-refractivity contribution in [3.05, 3.63) is 0 Å². The molecule has 0 aliphatic carbocycles. The van der Waals surface area contributed by atoms with Gasteiger partial charge in [-0.1, -0.05) is 6.42 Å². The summed E-state index contributed by atoms with van der Waals surface area (Å²) in [7, 11) is 0. The number of hydrogen-bond donors (Lipinski definition) is 3. The van der Waals surface area contributed by atoms with E-state index in [1.165, 1.54) is 0 Å². The maximum atomic E-state index is 11.5. The predicted octanol–water partition coefficient (Wildman–Crippen LogP) is 0.290. The minimum atomic E-state index is -0.409. The van der Waals surface area contributed by atoms with Crippen LogP contribution in [0, 0.1) is 0 Å². The highest BCUT2D eigenvalue weighted by Gasteiger charge is 2.12. The van der Waals surface area contributed by atoms with Crippen LogP contribution < -0.4 is 16.4 Å². The Hall–Kier alpha value is -1.10. The molecule has 1 atom stereocenters. The zero-order valence-corrected chi connectivity index (χ0v) is 10.3. The Balaban J connectivity index is 2.33.